The van der Waals surface area contributed by atoms with Crippen LogP contribution in [0.3, 0.4) is 0 Å². The second kappa shape index (κ2) is 16.6. The first-order chi connectivity index (χ1) is 24.5. The van der Waals surface area contributed by atoms with Crippen LogP contribution < -0.4 is 0 Å². The number of fused-ring (bicyclic) bond motifs is 6. The van der Waals surface area contributed by atoms with Gasteiger partial charge in [0.15, 0.2) is 5.78 Å². The van der Waals surface area contributed by atoms with Crippen molar-refractivity contribution in [1.29, 1.82) is 0 Å². The molecule has 285 valence electrons. The van der Waals surface area contributed by atoms with Gasteiger partial charge in [0.05, 0.1) is 0 Å². The standard InChI is InChI=1S/C32H30NOS.C15H28O2.Ir/c1-18(2)15-25-19(3)35-31-23(25)11-12-27-28(31)24-13-14-33-29(30(24)34-27)21-16-20-9-7-8-10-22(20)26(17-21)32(4,5)6;1-7-14(5,8-2)12(16)11-13(17)15(6,9-3)10-4;/h7-14,17-18H,15H2,1-6H3;11,16H,7-10H2,1-6H3;/q-1;;/b;12-11-;. The molecule has 6 aromatic rings. The summed E-state index contributed by atoms with van der Waals surface area (Å²) in [6, 6.07) is 20.9. The van der Waals surface area contributed by atoms with Gasteiger partial charge in [-0.05, 0) is 79.5 Å². The number of hydrogen-bond donors (Lipinski definition) is 1. The molecule has 0 amide bonds. The van der Waals surface area contributed by atoms with Crippen molar-refractivity contribution in [2.45, 2.75) is 121 Å². The summed E-state index contributed by atoms with van der Waals surface area (Å²) in [5.41, 5.74) is 5.78. The first kappa shape index (κ1) is 42.4. The van der Waals surface area contributed by atoms with Crippen molar-refractivity contribution in [1.82, 2.24) is 4.98 Å². The van der Waals surface area contributed by atoms with Gasteiger partial charge in [-0.15, -0.1) is 40.5 Å². The number of allylic oxidation sites excluding steroid dienone is 2. The van der Waals surface area contributed by atoms with Crippen LogP contribution in [0.4, 0.5) is 0 Å². The summed E-state index contributed by atoms with van der Waals surface area (Å²) in [5, 5.41) is 16.2. The number of rotatable bonds is 10. The summed E-state index contributed by atoms with van der Waals surface area (Å²) < 4.78 is 7.86. The summed E-state index contributed by atoms with van der Waals surface area (Å²) in [7, 11) is 0. The fourth-order valence-corrected chi connectivity index (χ4v) is 8.26. The maximum Gasteiger partial charge on any atom is 0.164 e. The predicted molar refractivity (Wildman–Crippen MR) is 224 cm³/mol. The van der Waals surface area contributed by atoms with Gasteiger partial charge < -0.3 is 9.52 Å². The van der Waals surface area contributed by atoms with Crippen molar-refractivity contribution in [3.05, 3.63) is 88.6 Å². The smallest absolute Gasteiger partial charge is 0.164 e. The van der Waals surface area contributed by atoms with Crippen LogP contribution in [-0.4, -0.2) is 15.9 Å². The van der Waals surface area contributed by atoms with E-state index in [9.17, 15) is 9.90 Å². The van der Waals surface area contributed by atoms with E-state index in [0.717, 1.165) is 65.3 Å². The number of aryl methyl sites for hydroxylation is 1. The first-order valence-electron chi connectivity index (χ1n) is 19.1. The quantitative estimate of drug-likeness (QED) is 0.0845. The van der Waals surface area contributed by atoms with Crippen LogP contribution in [-0.2, 0) is 36.7 Å². The van der Waals surface area contributed by atoms with Crippen LogP contribution in [0.5, 0.6) is 0 Å². The van der Waals surface area contributed by atoms with Crippen LogP contribution >= 0.6 is 11.3 Å². The first-order valence-corrected chi connectivity index (χ1v) is 20.0. The number of nitrogens with zero attached hydrogens (tertiary/aromatic N) is 1. The molecule has 0 aliphatic carbocycles. The maximum absolute atomic E-state index is 12.2. The molecular weight excluding hydrogens is 851 g/mol. The summed E-state index contributed by atoms with van der Waals surface area (Å²) in [6.45, 7) is 25.7. The van der Waals surface area contributed by atoms with E-state index in [0.29, 0.717) is 5.92 Å². The molecule has 0 saturated carbocycles. The SMILES string of the molecule is CCC(C)(CC)C(=O)/C=C(\O)C(C)(CC)CC.Cc1sc2c(ccc3oc4c(-c5[c-]c6ccccc6c(C(C)(C)C)c5)nccc4c32)c1CC(C)C.[Ir]. The predicted octanol–water partition coefficient (Wildman–Crippen LogP) is 14.3. The number of hydrogen-bond acceptors (Lipinski definition) is 5. The minimum absolute atomic E-state index is 0. The Hall–Kier alpha value is -3.31. The van der Waals surface area contributed by atoms with Gasteiger partial charge in [-0.3, -0.25) is 9.78 Å². The van der Waals surface area contributed by atoms with E-state index >= 15 is 0 Å². The molecule has 0 spiro atoms. The largest absolute Gasteiger partial charge is 0.512 e. The third-order valence-corrected chi connectivity index (χ3v) is 12.7. The van der Waals surface area contributed by atoms with Crippen molar-refractivity contribution in [2.24, 2.45) is 16.7 Å². The van der Waals surface area contributed by atoms with Gasteiger partial charge in [-0.2, -0.15) is 0 Å². The zero-order valence-electron chi connectivity index (χ0n) is 33.8. The number of furan rings is 1. The average Bonchev–Trinajstić information content (AvgIpc) is 3.66. The number of pyridine rings is 1. The Labute approximate surface area is 334 Å². The molecule has 4 nitrogen and oxygen atoms in total. The van der Waals surface area contributed by atoms with E-state index in [4.69, 9.17) is 9.40 Å². The number of aromatic nitrogens is 1. The Bertz CT molecular complexity index is 2260. The second-order valence-electron chi connectivity index (χ2n) is 16.5. The number of aliphatic hydroxyl groups excluding tert-OH is 1. The molecule has 1 radical (unpaired) electrons. The number of thiophene rings is 1. The Morgan fingerprint density at radius 3 is 2.15 bits per heavy atom. The molecule has 6 heteroatoms. The van der Waals surface area contributed by atoms with Gasteiger partial charge in [0.1, 0.15) is 16.9 Å². The number of carbonyl (C=O) groups excluding carboxylic acids is 1. The molecule has 0 aliphatic rings. The van der Waals surface area contributed by atoms with Crippen molar-refractivity contribution >= 4 is 59.9 Å². The monoisotopic (exact) mass is 909 g/mol. The van der Waals surface area contributed by atoms with E-state index in [2.05, 4.69) is 96.1 Å². The summed E-state index contributed by atoms with van der Waals surface area (Å²) in [4.78, 5) is 18.4. The fraction of sp³-hybridized carbons (Fsp3) is 0.447. The zero-order valence-corrected chi connectivity index (χ0v) is 37.1. The molecule has 0 atom stereocenters. The van der Waals surface area contributed by atoms with Crippen LogP contribution in [0.1, 0.15) is 118 Å². The van der Waals surface area contributed by atoms with E-state index < -0.39 is 0 Å². The van der Waals surface area contributed by atoms with Crippen LogP contribution in [0, 0.1) is 29.7 Å². The molecule has 3 heterocycles. The number of aliphatic hydroxyl groups is 1. The van der Waals surface area contributed by atoms with Gasteiger partial charge in [0, 0.05) is 69.3 Å². The topological polar surface area (TPSA) is 63.3 Å². The Morgan fingerprint density at radius 2 is 1.55 bits per heavy atom. The summed E-state index contributed by atoms with van der Waals surface area (Å²) in [5.74, 6) is 0.910. The fourth-order valence-electron chi connectivity index (χ4n) is 7.03. The van der Waals surface area contributed by atoms with Crippen molar-refractivity contribution in [3.63, 3.8) is 0 Å². The third-order valence-electron chi connectivity index (χ3n) is 11.6. The van der Waals surface area contributed by atoms with E-state index in [1.165, 1.54) is 42.9 Å². The summed E-state index contributed by atoms with van der Waals surface area (Å²) >= 11 is 1.89. The van der Waals surface area contributed by atoms with Crippen LogP contribution in [0.15, 0.2) is 71.0 Å². The number of benzene rings is 3. The molecule has 1 N–H and O–H groups in total. The van der Waals surface area contributed by atoms with Gasteiger partial charge >= 0.3 is 0 Å². The van der Waals surface area contributed by atoms with Crippen molar-refractivity contribution < 1.29 is 34.4 Å². The van der Waals surface area contributed by atoms with Crippen LogP contribution in [0.2, 0.25) is 0 Å². The average molecular weight is 909 g/mol. The van der Waals surface area contributed by atoms with Gasteiger partial charge in [0.2, 0.25) is 0 Å². The molecule has 3 aromatic heterocycles. The Kier molecular flexibility index (Phi) is 13.3. The molecule has 6 rings (SSSR count). The number of ketones is 1. The molecule has 0 bridgehead atoms. The van der Waals surface area contributed by atoms with E-state index in [1.54, 1.807) is 0 Å². The van der Waals surface area contributed by atoms with Crippen molar-refractivity contribution in [3.8, 4) is 11.3 Å². The Morgan fingerprint density at radius 1 is 0.906 bits per heavy atom. The molecule has 0 aliphatic heterocycles. The van der Waals surface area contributed by atoms with Gasteiger partial charge in [0.25, 0.3) is 0 Å². The molecule has 53 heavy (non-hydrogen) atoms. The zero-order chi connectivity index (χ0) is 38.2. The minimum atomic E-state index is -0.337. The van der Waals surface area contributed by atoms with Crippen molar-refractivity contribution in [2.75, 3.05) is 0 Å². The Balaban J connectivity index is 0.000000299. The van der Waals surface area contributed by atoms with Crippen LogP contribution in [0.25, 0.3) is 54.1 Å². The normalized spacial score (nSPS) is 12.8. The van der Waals surface area contributed by atoms with E-state index in [-0.39, 0.29) is 47.9 Å². The molecule has 0 fully saturated rings. The maximum atomic E-state index is 12.2. The second-order valence-corrected chi connectivity index (χ2v) is 17.7. The van der Waals surface area contributed by atoms with E-state index in [1.807, 2.05) is 59.1 Å². The number of carbonyl (C=O) groups is 1. The molecular formula is C47H58IrNO3S-. The molecule has 0 saturated heterocycles. The molecule has 0 unspecified atom stereocenters. The third kappa shape index (κ3) is 8.36. The van der Waals surface area contributed by atoms with Gasteiger partial charge in [-0.25, -0.2) is 0 Å². The molecule has 3 aromatic carbocycles. The van der Waals surface area contributed by atoms with Gasteiger partial charge in [-0.1, -0.05) is 105 Å². The summed E-state index contributed by atoms with van der Waals surface area (Å²) in [6.07, 6.45) is 7.77. The minimum Gasteiger partial charge on any atom is -0.512 e.